The summed E-state index contributed by atoms with van der Waals surface area (Å²) in [7, 11) is 0. The predicted molar refractivity (Wildman–Crippen MR) is 147 cm³/mol. The Morgan fingerprint density at radius 3 is 2.12 bits per heavy atom. The summed E-state index contributed by atoms with van der Waals surface area (Å²) in [4.78, 5) is 11.5. The van der Waals surface area contributed by atoms with Gasteiger partial charge in [0.25, 0.3) is 0 Å². The molecule has 226 valence electrons. The number of rotatable bonds is 8. The molecule has 2 aliphatic rings. The molecule has 0 amide bonds. The van der Waals surface area contributed by atoms with Gasteiger partial charge < -0.3 is 5.11 Å². The number of hydrogen-bond acceptors (Lipinski definition) is 1. The summed E-state index contributed by atoms with van der Waals surface area (Å²) in [6.07, 6.45) is -0.306. The number of carboxylic acids is 1. The molecular weight excluding hydrogens is 542 g/mol. The van der Waals surface area contributed by atoms with Crippen LogP contribution in [0.5, 0.6) is 0 Å². The summed E-state index contributed by atoms with van der Waals surface area (Å²) in [5.41, 5.74) is 2.05. The molecule has 2 nitrogen and oxygen atoms in total. The molecule has 0 radical (unpaired) electrons. The molecule has 41 heavy (non-hydrogen) atoms. The molecule has 4 rings (SSSR count). The zero-order chi connectivity index (χ0) is 29.8. The molecule has 0 bridgehead atoms. The van der Waals surface area contributed by atoms with Crippen LogP contribution in [0.2, 0.25) is 0 Å². The van der Waals surface area contributed by atoms with E-state index in [2.05, 4.69) is 0 Å². The zero-order valence-corrected chi connectivity index (χ0v) is 23.5. The van der Waals surface area contributed by atoms with Crippen LogP contribution in [0.4, 0.5) is 26.3 Å². The monoisotopic (exact) mass is 582 g/mol. The maximum absolute atomic E-state index is 13.6. The van der Waals surface area contributed by atoms with Gasteiger partial charge in [0.1, 0.15) is 0 Å². The van der Waals surface area contributed by atoms with Crippen molar-refractivity contribution in [3.8, 4) is 11.1 Å². The Labute approximate surface area is 238 Å². The number of alkyl halides is 6. The Morgan fingerprint density at radius 1 is 0.854 bits per heavy atom. The lowest BCUT2D eigenvalue weighted by Crippen LogP contribution is -2.22. The molecule has 2 saturated carbocycles. The molecule has 1 N–H and O–H groups in total. The second-order valence-corrected chi connectivity index (χ2v) is 12.4. The third-order valence-corrected chi connectivity index (χ3v) is 9.49. The van der Waals surface area contributed by atoms with E-state index < -0.39 is 29.8 Å². The topological polar surface area (TPSA) is 37.3 Å². The van der Waals surface area contributed by atoms with Gasteiger partial charge in [-0.3, -0.25) is 4.79 Å². The zero-order valence-electron chi connectivity index (χ0n) is 23.5. The normalized spacial score (nSPS) is 23.6. The summed E-state index contributed by atoms with van der Waals surface area (Å²) < 4.78 is 80.6. The van der Waals surface area contributed by atoms with Crippen molar-refractivity contribution in [1.29, 1.82) is 0 Å². The first-order valence-electron chi connectivity index (χ1n) is 14.9. The molecule has 0 aromatic heterocycles. The van der Waals surface area contributed by atoms with E-state index in [1.54, 1.807) is 12.1 Å². The highest BCUT2D eigenvalue weighted by Gasteiger charge is 2.42. The van der Waals surface area contributed by atoms with Gasteiger partial charge in [0.05, 0.1) is 17.9 Å². The van der Waals surface area contributed by atoms with Crippen LogP contribution < -0.4 is 0 Å². The molecule has 8 heteroatoms. The Bertz CT molecular complexity index is 1150. The third-order valence-electron chi connectivity index (χ3n) is 9.49. The van der Waals surface area contributed by atoms with Gasteiger partial charge in [-0.2, -0.15) is 26.3 Å². The second-order valence-electron chi connectivity index (χ2n) is 12.4. The van der Waals surface area contributed by atoms with E-state index in [4.69, 9.17) is 0 Å². The lowest BCUT2D eigenvalue weighted by molar-refractivity contribution is -0.177. The van der Waals surface area contributed by atoms with E-state index in [1.165, 1.54) is 18.6 Å². The Hall–Kier alpha value is -2.51. The van der Waals surface area contributed by atoms with Crippen molar-refractivity contribution in [2.45, 2.75) is 102 Å². The minimum atomic E-state index is -4.47. The fourth-order valence-corrected chi connectivity index (χ4v) is 7.09. The molecule has 2 aromatic rings. The van der Waals surface area contributed by atoms with Crippen LogP contribution in [-0.4, -0.2) is 17.3 Å². The van der Waals surface area contributed by atoms with E-state index in [0.29, 0.717) is 41.9 Å². The summed E-state index contributed by atoms with van der Waals surface area (Å²) in [5.74, 6) is -1.53. The first-order valence-corrected chi connectivity index (χ1v) is 14.9. The molecular formula is C33H40F6O2. The minimum absolute atomic E-state index is 0.0177. The largest absolute Gasteiger partial charge is 0.481 e. The summed E-state index contributed by atoms with van der Waals surface area (Å²) >= 11 is 0. The van der Waals surface area contributed by atoms with Crippen LogP contribution in [0.3, 0.4) is 0 Å². The van der Waals surface area contributed by atoms with Gasteiger partial charge in [-0.1, -0.05) is 69.4 Å². The molecule has 2 aromatic carbocycles. The minimum Gasteiger partial charge on any atom is -0.481 e. The lowest BCUT2D eigenvalue weighted by atomic mass is 9.73. The van der Waals surface area contributed by atoms with Crippen molar-refractivity contribution < 1.29 is 36.2 Å². The standard InChI is InChI=1S/C33H40F6O2/c1-21-7-12-27(32(34,35)36)15-11-25(21)20-26(17-22-5-3-2-4-6-22)29-16-8-23(19-31(40)41)18-30(29)24-9-13-28(14-10-24)33(37,38)39/h8-10,13-14,16,18,21-22,25-27H,2-7,11-12,15,17,19-20H2,1H3,(H,40,41). The fraction of sp³-hybridized carbons (Fsp3) is 0.606. The van der Waals surface area contributed by atoms with Crippen molar-refractivity contribution in [3.63, 3.8) is 0 Å². The molecule has 0 saturated heterocycles. The van der Waals surface area contributed by atoms with Crippen LogP contribution in [0.1, 0.15) is 100 Å². The van der Waals surface area contributed by atoms with Gasteiger partial charge in [-0.25, -0.2) is 0 Å². The van der Waals surface area contributed by atoms with Crippen molar-refractivity contribution >= 4 is 5.97 Å². The summed E-state index contributed by atoms with van der Waals surface area (Å²) in [6.45, 7) is 2.05. The maximum Gasteiger partial charge on any atom is 0.416 e. The van der Waals surface area contributed by atoms with Crippen molar-refractivity contribution in [2.24, 2.45) is 23.7 Å². The lowest BCUT2D eigenvalue weighted by Gasteiger charge is -2.32. The van der Waals surface area contributed by atoms with Crippen molar-refractivity contribution in [3.05, 3.63) is 59.2 Å². The van der Waals surface area contributed by atoms with E-state index in [0.717, 1.165) is 49.8 Å². The van der Waals surface area contributed by atoms with E-state index >= 15 is 0 Å². The molecule has 4 atom stereocenters. The van der Waals surface area contributed by atoms with Crippen LogP contribution >= 0.6 is 0 Å². The van der Waals surface area contributed by atoms with Crippen LogP contribution in [0.15, 0.2) is 42.5 Å². The number of carboxylic acid groups (broad SMARTS) is 1. The first kappa shape index (κ1) is 31.4. The molecule has 4 unspecified atom stereocenters. The molecule has 0 spiro atoms. The Morgan fingerprint density at radius 2 is 1.51 bits per heavy atom. The van der Waals surface area contributed by atoms with Crippen LogP contribution in [-0.2, 0) is 17.4 Å². The average Bonchev–Trinajstić information content (AvgIpc) is 3.09. The van der Waals surface area contributed by atoms with Gasteiger partial charge in [-0.15, -0.1) is 0 Å². The highest BCUT2D eigenvalue weighted by Crippen LogP contribution is 2.46. The average molecular weight is 583 g/mol. The van der Waals surface area contributed by atoms with Crippen LogP contribution in [0.25, 0.3) is 11.1 Å². The number of halogens is 6. The quantitative estimate of drug-likeness (QED) is 0.248. The summed E-state index contributed by atoms with van der Waals surface area (Å²) in [5, 5.41) is 9.39. The third kappa shape index (κ3) is 8.51. The highest BCUT2D eigenvalue weighted by atomic mass is 19.4. The predicted octanol–water partition coefficient (Wildman–Crippen LogP) is 10.4. The molecule has 0 heterocycles. The van der Waals surface area contributed by atoms with E-state index in [1.807, 2.05) is 13.0 Å². The second kappa shape index (κ2) is 13.2. The number of hydrogen-bond donors (Lipinski definition) is 1. The molecule has 0 aliphatic heterocycles. The Kier molecular flexibility index (Phi) is 10.1. The number of benzene rings is 2. The van der Waals surface area contributed by atoms with Gasteiger partial charge in [0.15, 0.2) is 0 Å². The Balaban J connectivity index is 1.71. The fourth-order valence-electron chi connectivity index (χ4n) is 7.09. The van der Waals surface area contributed by atoms with Crippen LogP contribution in [0, 0.1) is 23.7 Å². The van der Waals surface area contributed by atoms with Gasteiger partial charge >= 0.3 is 18.3 Å². The molecule has 2 aliphatic carbocycles. The molecule has 2 fully saturated rings. The smallest absolute Gasteiger partial charge is 0.416 e. The summed E-state index contributed by atoms with van der Waals surface area (Å²) in [6, 6.07) is 10.4. The van der Waals surface area contributed by atoms with Gasteiger partial charge in [-0.05, 0) is 96.6 Å². The van der Waals surface area contributed by atoms with E-state index in [-0.39, 0.29) is 37.0 Å². The van der Waals surface area contributed by atoms with Gasteiger partial charge in [0.2, 0.25) is 0 Å². The number of aliphatic carboxylic acids is 1. The SMILES string of the molecule is CC1CCC(C(F)(F)F)CCC1CC(CC1CCCCC1)c1ccc(CC(=O)O)cc1-c1ccc(C(F)(F)F)cc1. The van der Waals surface area contributed by atoms with E-state index in [9.17, 15) is 36.2 Å². The first-order chi connectivity index (χ1) is 19.3. The maximum atomic E-state index is 13.6. The van der Waals surface area contributed by atoms with Crippen molar-refractivity contribution in [2.75, 3.05) is 0 Å². The highest BCUT2D eigenvalue weighted by molar-refractivity contribution is 5.74. The van der Waals surface area contributed by atoms with Crippen molar-refractivity contribution in [1.82, 2.24) is 0 Å². The van der Waals surface area contributed by atoms with Gasteiger partial charge in [0, 0.05) is 0 Å². The number of carbonyl (C=O) groups is 1.